The van der Waals surface area contributed by atoms with Crippen LogP contribution in [0.1, 0.15) is 23.2 Å². The van der Waals surface area contributed by atoms with E-state index in [4.69, 9.17) is 0 Å². The number of amides is 1. The minimum Gasteiger partial charge on any atom is -0.348 e. The monoisotopic (exact) mass is 235 g/mol. The second-order valence-corrected chi connectivity index (χ2v) is 4.38. The van der Waals surface area contributed by atoms with Gasteiger partial charge in [-0.15, -0.1) is 0 Å². The maximum atomic E-state index is 11.9. The highest BCUT2D eigenvalue weighted by Gasteiger charge is 2.16. The van der Waals surface area contributed by atoms with Crippen molar-refractivity contribution in [1.29, 1.82) is 0 Å². The second kappa shape index (κ2) is 5.14. The van der Waals surface area contributed by atoms with Crippen LogP contribution in [0.15, 0.2) is 23.1 Å². The quantitative estimate of drug-likeness (QED) is 0.750. The van der Waals surface area contributed by atoms with Crippen molar-refractivity contribution < 1.29 is 4.79 Å². The van der Waals surface area contributed by atoms with Crippen molar-refractivity contribution in [3.05, 3.63) is 34.2 Å². The van der Waals surface area contributed by atoms with Gasteiger partial charge in [0, 0.05) is 31.9 Å². The van der Waals surface area contributed by atoms with Crippen LogP contribution < -0.4 is 16.2 Å². The van der Waals surface area contributed by atoms with Crippen molar-refractivity contribution in [2.24, 2.45) is 7.05 Å². The molecule has 1 aromatic rings. The van der Waals surface area contributed by atoms with Crippen LogP contribution >= 0.6 is 0 Å². The predicted octanol–water partition coefficient (Wildman–Crippen LogP) is -0.133. The molecule has 5 heteroatoms. The fourth-order valence-electron chi connectivity index (χ4n) is 1.97. The summed E-state index contributed by atoms with van der Waals surface area (Å²) in [5.41, 5.74) is 0.415. The standard InChI is InChI=1S/C12H17N3O2/c1-15-8-9(4-5-11(15)16)12(17)14-10-3-2-6-13-7-10/h4-5,8,10,13H,2-3,6-7H2,1H3,(H,14,17)/t10-/m0/s1. The molecule has 0 aromatic carbocycles. The molecule has 92 valence electrons. The van der Waals surface area contributed by atoms with Gasteiger partial charge in [0.25, 0.3) is 5.91 Å². The van der Waals surface area contributed by atoms with E-state index >= 15 is 0 Å². The van der Waals surface area contributed by atoms with E-state index in [9.17, 15) is 9.59 Å². The SMILES string of the molecule is Cn1cc(C(=O)N[C@H]2CCCNC2)ccc1=O. The molecule has 17 heavy (non-hydrogen) atoms. The lowest BCUT2D eigenvalue weighted by molar-refractivity contribution is 0.0930. The van der Waals surface area contributed by atoms with Gasteiger partial charge in [-0.05, 0) is 25.5 Å². The normalized spacial score (nSPS) is 19.9. The van der Waals surface area contributed by atoms with Crippen molar-refractivity contribution in [3.63, 3.8) is 0 Å². The van der Waals surface area contributed by atoms with E-state index in [0.717, 1.165) is 25.9 Å². The lowest BCUT2D eigenvalue weighted by atomic mass is 10.1. The molecule has 0 bridgehead atoms. The van der Waals surface area contributed by atoms with Crippen molar-refractivity contribution >= 4 is 5.91 Å². The van der Waals surface area contributed by atoms with E-state index in [1.54, 1.807) is 19.3 Å². The minimum atomic E-state index is -0.116. The number of nitrogens with zero attached hydrogens (tertiary/aromatic N) is 1. The molecule has 0 aliphatic carbocycles. The van der Waals surface area contributed by atoms with E-state index in [1.165, 1.54) is 10.6 Å². The Hall–Kier alpha value is -1.62. The molecule has 2 heterocycles. The molecule has 1 atom stereocenters. The summed E-state index contributed by atoms with van der Waals surface area (Å²) >= 11 is 0. The van der Waals surface area contributed by atoms with Crippen LogP contribution in [0, 0.1) is 0 Å². The molecular weight excluding hydrogens is 218 g/mol. The van der Waals surface area contributed by atoms with Crippen LogP contribution in [0.5, 0.6) is 0 Å². The molecule has 2 N–H and O–H groups in total. The van der Waals surface area contributed by atoms with Crippen molar-refractivity contribution in [3.8, 4) is 0 Å². The average Bonchev–Trinajstić information content (AvgIpc) is 2.34. The summed E-state index contributed by atoms with van der Waals surface area (Å²) in [6, 6.07) is 3.16. The number of rotatable bonds is 2. The Balaban J connectivity index is 2.03. The summed E-state index contributed by atoms with van der Waals surface area (Å²) in [5, 5.41) is 6.21. The Kier molecular flexibility index (Phi) is 3.58. The number of hydrogen-bond donors (Lipinski definition) is 2. The number of aromatic nitrogens is 1. The summed E-state index contributed by atoms with van der Waals surface area (Å²) < 4.78 is 1.41. The van der Waals surface area contributed by atoms with Crippen molar-refractivity contribution in [1.82, 2.24) is 15.2 Å². The molecule has 2 rings (SSSR count). The zero-order chi connectivity index (χ0) is 12.3. The van der Waals surface area contributed by atoms with Crippen LogP contribution in [0.4, 0.5) is 0 Å². The third-order valence-electron chi connectivity index (χ3n) is 2.98. The molecule has 5 nitrogen and oxygen atoms in total. The molecule has 0 saturated carbocycles. The fraction of sp³-hybridized carbons (Fsp3) is 0.500. The van der Waals surface area contributed by atoms with E-state index < -0.39 is 0 Å². The first-order chi connectivity index (χ1) is 8.16. The van der Waals surface area contributed by atoms with Gasteiger partial charge in [-0.2, -0.15) is 0 Å². The number of piperidine rings is 1. The van der Waals surface area contributed by atoms with Gasteiger partial charge in [0.05, 0.1) is 5.56 Å². The minimum absolute atomic E-state index is 0.110. The number of aryl methyl sites for hydroxylation is 1. The number of hydrogen-bond acceptors (Lipinski definition) is 3. The predicted molar refractivity (Wildman–Crippen MR) is 65.0 cm³/mol. The molecule has 1 amide bonds. The molecule has 0 radical (unpaired) electrons. The highest BCUT2D eigenvalue weighted by atomic mass is 16.2. The molecule has 1 fully saturated rings. The highest BCUT2D eigenvalue weighted by Crippen LogP contribution is 2.03. The van der Waals surface area contributed by atoms with E-state index in [2.05, 4.69) is 10.6 Å². The van der Waals surface area contributed by atoms with Gasteiger partial charge in [-0.25, -0.2) is 0 Å². The third-order valence-corrected chi connectivity index (χ3v) is 2.98. The summed E-state index contributed by atoms with van der Waals surface area (Å²) in [6.07, 6.45) is 3.65. The molecule has 1 aromatic heterocycles. The Labute approximate surface area is 99.8 Å². The first-order valence-corrected chi connectivity index (χ1v) is 5.85. The molecule has 0 spiro atoms. The first-order valence-electron chi connectivity index (χ1n) is 5.85. The maximum Gasteiger partial charge on any atom is 0.253 e. The highest BCUT2D eigenvalue weighted by molar-refractivity contribution is 5.94. The zero-order valence-corrected chi connectivity index (χ0v) is 9.90. The van der Waals surface area contributed by atoms with Crippen molar-refractivity contribution in [2.75, 3.05) is 13.1 Å². The lowest BCUT2D eigenvalue weighted by Gasteiger charge is -2.23. The van der Waals surface area contributed by atoms with Gasteiger partial charge in [0.15, 0.2) is 0 Å². The summed E-state index contributed by atoms with van der Waals surface area (Å²) in [4.78, 5) is 23.1. The Morgan fingerprint density at radius 1 is 1.53 bits per heavy atom. The van der Waals surface area contributed by atoms with E-state index in [0.29, 0.717) is 5.56 Å². The van der Waals surface area contributed by atoms with Crippen LogP contribution in [0.2, 0.25) is 0 Å². The molecule has 1 aliphatic rings. The third kappa shape index (κ3) is 2.94. The van der Waals surface area contributed by atoms with E-state index in [1.807, 2.05) is 0 Å². The zero-order valence-electron chi connectivity index (χ0n) is 9.90. The number of carbonyl (C=O) groups is 1. The Morgan fingerprint density at radius 3 is 3.00 bits per heavy atom. The molecule has 1 aliphatic heterocycles. The van der Waals surface area contributed by atoms with Gasteiger partial charge in [0.2, 0.25) is 5.56 Å². The Morgan fingerprint density at radius 2 is 2.35 bits per heavy atom. The topological polar surface area (TPSA) is 63.1 Å². The number of pyridine rings is 1. The molecular formula is C12H17N3O2. The van der Waals surface area contributed by atoms with Gasteiger partial charge in [0.1, 0.15) is 0 Å². The summed E-state index contributed by atoms with van der Waals surface area (Å²) in [5.74, 6) is -0.116. The van der Waals surface area contributed by atoms with Gasteiger partial charge in [-0.1, -0.05) is 0 Å². The van der Waals surface area contributed by atoms with Crippen LogP contribution in [0.3, 0.4) is 0 Å². The van der Waals surface area contributed by atoms with Crippen LogP contribution in [-0.2, 0) is 7.05 Å². The average molecular weight is 235 g/mol. The molecule has 0 unspecified atom stereocenters. The van der Waals surface area contributed by atoms with Gasteiger partial charge < -0.3 is 15.2 Å². The molecule has 1 saturated heterocycles. The lowest BCUT2D eigenvalue weighted by Crippen LogP contribution is -2.45. The number of carbonyl (C=O) groups excluding carboxylic acids is 1. The fourth-order valence-corrected chi connectivity index (χ4v) is 1.97. The van der Waals surface area contributed by atoms with E-state index in [-0.39, 0.29) is 17.5 Å². The maximum absolute atomic E-state index is 11.9. The van der Waals surface area contributed by atoms with Gasteiger partial charge in [-0.3, -0.25) is 9.59 Å². The second-order valence-electron chi connectivity index (χ2n) is 4.38. The Bertz CT molecular complexity index is 461. The largest absolute Gasteiger partial charge is 0.348 e. The van der Waals surface area contributed by atoms with Crippen LogP contribution in [0.25, 0.3) is 0 Å². The first kappa shape index (κ1) is 11.9. The van der Waals surface area contributed by atoms with Crippen LogP contribution in [-0.4, -0.2) is 29.6 Å². The summed E-state index contributed by atoms with van der Waals surface area (Å²) in [7, 11) is 1.64. The van der Waals surface area contributed by atoms with Gasteiger partial charge >= 0.3 is 0 Å². The summed E-state index contributed by atoms with van der Waals surface area (Å²) in [6.45, 7) is 1.84. The number of nitrogens with one attached hydrogen (secondary N) is 2. The van der Waals surface area contributed by atoms with Crippen molar-refractivity contribution in [2.45, 2.75) is 18.9 Å². The smallest absolute Gasteiger partial charge is 0.253 e.